The van der Waals surface area contributed by atoms with Crippen LogP contribution >= 0.6 is 11.3 Å². The van der Waals surface area contributed by atoms with Crippen LogP contribution in [-0.2, 0) is 12.8 Å². The first-order valence-electron chi connectivity index (χ1n) is 8.35. The quantitative estimate of drug-likeness (QED) is 0.733. The number of carbonyl (C=O) groups excluding carboxylic acids is 1. The van der Waals surface area contributed by atoms with Gasteiger partial charge in [0.15, 0.2) is 0 Å². The van der Waals surface area contributed by atoms with Gasteiger partial charge in [-0.25, -0.2) is 4.98 Å². The number of fused-ring (bicyclic) bond motifs is 2. The number of nitrogens with zero attached hydrogens (tertiary/aromatic N) is 1. The SMILES string of the molecule is COc1ccc(OC)c(NC(=O)c2sc3nc4c(cc3c2N)CCC4)c1. The van der Waals surface area contributed by atoms with E-state index in [1.807, 2.05) is 0 Å². The minimum Gasteiger partial charge on any atom is -0.497 e. The zero-order chi connectivity index (χ0) is 18.3. The molecule has 4 rings (SSSR count). The topological polar surface area (TPSA) is 86.5 Å². The van der Waals surface area contributed by atoms with Crippen LogP contribution in [0, 0.1) is 0 Å². The highest BCUT2D eigenvalue weighted by Crippen LogP contribution is 2.37. The van der Waals surface area contributed by atoms with Gasteiger partial charge in [-0.05, 0) is 43.0 Å². The third-order valence-corrected chi connectivity index (χ3v) is 5.72. The number of amides is 1. The number of rotatable bonds is 4. The first kappa shape index (κ1) is 16.7. The van der Waals surface area contributed by atoms with E-state index in [9.17, 15) is 4.79 Å². The van der Waals surface area contributed by atoms with Gasteiger partial charge in [0, 0.05) is 17.1 Å². The Morgan fingerprint density at radius 1 is 1.23 bits per heavy atom. The third kappa shape index (κ3) is 2.74. The number of nitrogens with one attached hydrogen (secondary N) is 1. The van der Waals surface area contributed by atoms with E-state index < -0.39 is 0 Å². The molecule has 134 valence electrons. The predicted octanol–water partition coefficient (Wildman–Crippen LogP) is 3.64. The van der Waals surface area contributed by atoms with Gasteiger partial charge in [0.2, 0.25) is 0 Å². The summed E-state index contributed by atoms with van der Waals surface area (Å²) in [5.41, 5.74) is 9.64. The number of thiophene rings is 1. The largest absolute Gasteiger partial charge is 0.497 e. The average molecular weight is 369 g/mol. The Kier molecular flexibility index (Phi) is 4.16. The van der Waals surface area contributed by atoms with Crippen molar-refractivity contribution in [2.24, 2.45) is 0 Å². The number of anilines is 2. The lowest BCUT2D eigenvalue weighted by Gasteiger charge is -2.11. The summed E-state index contributed by atoms with van der Waals surface area (Å²) in [5, 5.41) is 3.73. The number of ether oxygens (including phenoxy) is 2. The summed E-state index contributed by atoms with van der Waals surface area (Å²) in [6, 6.07) is 7.31. The second-order valence-electron chi connectivity index (χ2n) is 6.17. The minimum atomic E-state index is -0.280. The van der Waals surface area contributed by atoms with Gasteiger partial charge < -0.3 is 20.5 Å². The molecule has 6 nitrogen and oxygen atoms in total. The van der Waals surface area contributed by atoms with Gasteiger partial charge in [0.1, 0.15) is 21.2 Å². The maximum Gasteiger partial charge on any atom is 0.268 e. The van der Waals surface area contributed by atoms with E-state index in [2.05, 4.69) is 11.4 Å². The van der Waals surface area contributed by atoms with Crippen molar-refractivity contribution in [3.8, 4) is 11.5 Å². The van der Waals surface area contributed by atoms with Gasteiger partial charge >= 0.3 is 0 Å². The molecule has 26 heavy (non-hydrogen) atoms. The van der Waals surface area contributed by atoms with Crippen LogP contribution in [0.15, 0.2) is 24.3 Å². The molecule has 1 aliphatic carbocycles. The summed E-state index contributed by atoms with van der Waals surface area (Å²) in [6.45, 7) is 0. The van der Waals surface area contributed by atoms with E-state index in [-0.39, 0.29) is 5.91 Å². The van der Waals surface area contributed by atoms with Crippen molar-refractivity contribution in [2.45, 2.75) is 19.3 Å². The molecule has 7 heteroatoms. The fourth-order valence-electron chi connectivity index (χ4n) is 3.26. The summed E-state index contributed by atoms with van der Waals surface area (Å²) < 4.78 is 10.5. The highest BCUT2D eigenvalue weighted by molar-refractivity contribution is 7.21. The predicted molar refractivity (Wildman–Crippen MR) is 104 cm³/mol. The van der Waals surface area contributed by atoms with E-state index in [0.717, 1.165) is 35.2 Å². The number of nitrogen functional groups attached to an aromatic ring is 1. The zero-order valence-corrected chi connectivity index (χ0v) is 15.4. The molecule has 0 saturated carbocycles. The molecular formula is C19H19N3O3S. The molecule has 0 fully saturated rings. The van der Waals surface area contributed by atoms with Gasteiger partial charge in [-0.2, -0.15) is 0 Å². The molecule has 0 aliphatic heterocycles. The van der Waals surface area contributed by atoms with Crippen LogP contribution in [0.5, 0.6) is 11.5 Å². The first-order chi connectivity index (χ1) is 12.6. The molecule has 1 aliphatic rings. The van der Waals surface area contributed by atoms with E-state index in [4.69, 9.17) is 20.2 Å². The lowest BCUT2D eigenvalue weighted by molar-refractivity contribution is 0.103. The summed E-state index contributed by atoms with van der Waals surface area (Å²) in [6.07, 6.45) is 3.14. The fraction of sp³-hybridized carbons (Fsp3) is 0.263. The molecule has 0 bridgehead atoms. The van der Waals surface area contributed by atoms with Crippen LogP contribution in [0.1, 0.15) is 27.3 Å². The molecule has 0 radical (unpaired) electrons. The van der Waals surface area contributed by atoms with Crippen LogP contribution in [0.4, 0.5) is 11.4 Å². The smallest absolute Gasteiger partial charge is 0.268 e. The Labute approximate surface area is 154 Å². The van der Waals surface area contributed by atoms with Crippen LogP contribution in [0.25, 0.3) is 10.2 Å². The van der Waals surface area contributed by atoms with E-state index in [1.54, 1.807) is 32.4 Å². The number of hydrogen-bond donors (Lipinski definition) is 2. The number of benzene rings is 1. The van der Waals surface area contributed by atoms with Gasteiger partial charge in [-0.3, -0.25) is 4.79 Å². The molecule has 0 saturated heterocycles. The van der Waals surface area contributed by atoms with Crippen molar-refractivity contribution < 1.29 is 14.3 Å². The molecule has 1 aromatic carbocycles. The van der Waals surface area contributed by atoms with E-state index in [0.29, 0.717) is 27.8 Å². The maximum atomic E-state index is 12.8. The molecule has 2 aromatic heterocycles. The van der Waals surface area contributed by atoms with Crippen LogP contribution in [0.3, 0.4) is 0 Å². The molecule has 3 N–H and O–H groups in total. The van der Waals surface area contributed by atoms with Crippen molar-refractivity contribution in [1.82, 2.24) is 4.98 Å². The number of nitrogens with two attached hydrogens (primary N) is 1. The molecular weight excluding hydrogens is 350 g/mol. The fourth-order valence-corrected chi connectivity index (χ4v) is 4.25. The number of pyridine rings is 1. The Bertz CT molecular complexity index is 1010. The standard InChI is InChI=1S/C19H19N3O3S/c1-24-11-6-7-15(25-2)14(9-11)21-18(23)17-16(20)12-8-10-4-3-5-13(10)22-19(12)26-17/h6-9H,3-5,20H2,1-2H3,(H,21,23). The minimum absolute atomic E-state index is 0.280. The second kappa shape index (κ2) is 6.49. The van der Waals surface area contributed by atoms with Gasteiger partial charge in [0.05, 0.1) is 25.6 Å². The van der Waals surface area contributed by atoms with Crippen molar-refractivity contribution in [1.29, 1.82) is 0 Å². The molecule has 2 heterocycles. The Balaban J connectivity index is 1.70. The van der Waals surface area contributed by atoms with Gasteiger partial charge in [-0.1, -0.05) is 0 Å². The summed E-state index contributed by atoms with van der Waals surface area (Å²) in [5.74, 6) is 0.900. The molecule has 0 atom stereocenters. The summed E-state index contributed by atoms with van der Waals surface area (Å²) in [7, 11) is 3.12. The van der Waals surface area contributed by atoms with Crippen molar-refractivity contribution in [2.75, 3.05) is 25.3 Å². The second-order valence-corrected chi connectivity index (χ2v) is 7.16. The number of aryl methyl sites for hydroxylation is 2. The Hall–Kier alpha value is -2.80. The average Bonchev–Trinajstić information content (AvgIpc) is 3.24. The van der Waals surface area contributed by atoms with Crippen LogP contribution < -0.4 is 20.5 Å². The lowest BCUT2D eigenvalue weighted by atomic mass is 10.1. The van der Waals surface area contributed by atoms with E-state index >= 15 is 0 Å². The number of hydrogen-bond acceptors (Lipinski definition) is 6. The molecule has 1 amide bonds. The number of carbonyl (C=O) groups is 1. The van der Waals surface area contributed by atoms with Crippen molar-refractivity contribution >= 4 is 38.8 Å². The summed E-state index contributed by atoms with van der Waals surface area (Å²) >= 11 is 1.32. The van der Waals surface area contributed by atoms with E-state index in [1.165, 1.54) is 16.9 Å². The number of aromatic nitrogens is 1. The molecule has 3 aromatic rings. The monoisotopic (exact) mass is 369 g/mol. The van der Waals surface area contributed by atoms with Gasteiger partial charge in [0.25, 0.3) is 5.91 Å². The lowest BCUT2D eigenvalue weighted by Crippen LogP contribution is -2.12. The normalized spacial score (nSPS) is 12.8. The molecule has 0 spiro atoms. The van der Waals surface area contributed by atoms with Crippen LogP contribution in [-0.4, -0.2) is 25.1 Å². The third-order valence-electron chi connectivity index (χ3n) is 4.61. The first-order valence-corrected chi connectivity index (χ1v) is 9.16. The number of methoxy groups -OCH3 is 2. The summed E-state index contributed by atoms with van der Waals surface area (Å²) in [4.78, 5) is 18.8. The van der Waals surface area contributed by atoms with Gasteiger partial charge in [-0.15, -0.1) is 11.3 Å². The zero-order valence-electron chi connectivity index (χ0n) is 14.6. The van der Waals surface area contributed by atoms with Crippen LogP contribution in [0.2, 0.25) is 0 Å². The molecule has 0 unspecified atom stereocenters. The highest BCUT2D eigenvalue weighted by atomic mass is 32.1. The van der Waals surface area contributed by atoms with Crippen molar-refractivity contribution in [3.05, 3.63) is 40.4 Å². The van der Waals surface area contributed by atoms with Crippen molar-refractivity contribution in [3.63, 3.8) is 0 Å². The maximum absolute atomic E-state index is 12.8. The highest BCUT2D eigenvalue weighted by Gasteiger charge is 2.22. The Morgan fingerprint density at radius 3 is 2.85 bits per heavy atom. The Morgan fingerprint density at radius 2 is 2.08 bits per heavy atom.